The fraction of sp³-hybridized carbons (Fsp3) is 0.500. The molecule has 1 aromatic carbocycles. The summed E-state index contributed by atoms with van der Waals surface area (Å²) in [7, 11) is -1.98. The quantitative estimate of drug-likeness (QED) is 0.578. The van der Waals surface area contributed by atoms with Gasteiger partial charge in [-0.15, -0.1) is 0 Å². The summed E-state index contributed by atoms with van der Waals surface area (Å²) in [6, 6.07) is 5.78. The number of aromatic nitrogens is 2. The van der Waals surface area contributed by atoms with Crippen LogP contribution in [0.2, 0.25) is 0 Å². The number of carbonyl (C=O) groups excluding carboxylic acids is 1. The molecule has 1 aromatic heterocycles. The maximum absolute atomic E-state index is 13.7. The van der Waals surface area contributed by atoms with Gasteiger partial charge in [0, 0.05) is 33.2 Å². The lowest BCUT2D eigenvalue weighted by Gasteiger charge is -2.44. The van der Waals surface area contributed by atoms with Gasteiger partial charge in [-0.1, -0.05) is 23.4 Å². The molecule has 1 amide bonds. The number of carbonyl (C=O) groups is 1. The van der Waals surface area contributed by atoms with Crippen LogP contribution in [0.25, 0.3) is 0 Å². The Hall–Kier alpha value is -2.37. The fourth-order valence-corrected chi connectivity index (χ4v) is 4.26. The van der Waals surface area contributed by atoms with E-state index in [1.165, 1.54) is 22.4 Å². The molecule has 1 aliphatic heterocycles. The van der Waals surface area contributed by atoms with Crippen molar-refractivity contribution in [1.29, 1.82) is 0 Å². The van der Waals surface area contributed by atoms with Gasteiger partial charge < -0.3 is 14.2 Å². The summed E-state index contributed by atoms with van der Waals surface area (Å²) in [5.41, 5.74) is 0.324. The van der Waals surface area contributed by atoms with E-state index in [9.17, 15) is 17.6 Å². The van der Waals surface area contributed by atoms with Crippen LogP contribution in [0.3, 0.4) is 0 Å². The highest BCUT2D eigenvalue weighted by Crippen LogP contribution is 2.20. The number of halogens is 1. The van der Waals surface area contributed by atoms with Gasteiger partial charge in [0.1, 0.15) is 12.4 Å². The van der Waals surface area contributed by atoms with Crippen LogP contribution in [0.1, 0.15) is 17.3 Å². The van der Waals surface area contributed by atoms with Gasteiger partial charge in [0.25, 0.3) is 5.89 Å². The molecule has 0 spiro atoms. The predicted molar refractivity (Wildman–Crippen MR) is 101 cm³/mol. The van der Waals surface area contributed by atoms with Crippen LogP contribution in [-0.4, -0.2) is 72.7 Å². The van der Waals surface area contributed by atoms with Crippen molar-refractivity contribution in [2.75, 3.05) is 33.0 Å². The highest BCUT2D eigenvalue weighted by molar-refractivity contribution is 7.88. The first-order chi connectivity index (χ1) is 13.8. The zero-order valence-corrected chi connectivity index (χ0v) is 17.1. The van der Waals surface area contributed by atoms with Crippen molar-refractivity contribution in [1.82, 2.24) is 19.3 Å². The van der Waals surface area contributed by atoms with Crippen molar-refractivity contribution in [3.8, 4) is 0 Å². The number of amides is 1. The van der Waals surface area contributed by atoms with Crippen LogP contribution in [0.5, 0.6) is 0 Å². The van der Waals surface area contributed by atoms with Gasteiger partial charge in [-0.05, 0) is 11.6 Å². The lowest BCUT2D eigenvalue weighted by Crippen LogP contribution is -2.62. The van der Waals surface area contributed by atoms with Gasteiger partial charge >= 0.3 is 0 Å². The SMILES string of the molecule is COCc1nc(CCN(C2CN(C(=O)Cc3ccccc3F)C2)S(C)(=O)=O)no1. The van der Waals surface area contributed by atoms with E-state index in [2.05, 4.69) is 10.1 Å². The van der Waals surface area contributed by atoms with Crippen LogP contribution < -0.4 is 0 Å². The molecule has 0 aliphatic carbocycles. The number of hydrogen-bond donors (Lipinski definition) is 0. The van der Waals surface area contributed by atoms with Gasteiger partial charge in [-0.2, -0.15) is 9.29 Å². The van der Waals surface area contributed by atoms with E-state index in [4.69, 9.17) is 9.26 Å². The Labute approximate surface area is 168 Å². The van der Waals surface area contributed by atoms with E-state index in [0.717, 1.165) is 6.26 Å². The Morgan fingerprint density at radius 3 is 2.76 bits per heavy atom. The average Bonchev–Trinajstić information content (AvgIpc) is 3.05. The molecule has 2 aromatic rings. The highest BCUT2D eigenvalue weighted by Gasteiger charge is 2.38. The van der Waals surface area contributed by atoms with Gasteiger partial charge in [0.15, 0.2) is 5.82 Å². The summed E-state index contributed by atoms with van der Waals surface area (Å²) in [5.74, 6) is 0.0466. The maximum Gasteiger partial charge on any atom is 0.252 e. The second-order valence-electron chi connectivity index (χ2n) is 6.88. The van der Waals surface area contributed by atoms with E-state index in [1.54, 1.807) is 18.2 Å². The zero-order chi connectivity index (χ0) is 21.0. The van der Waals surface area contributed by atoms with Crippen molar-refractivity contribution in [2.45, 2.75) is 25.5 Å². The number of hydrogen-bond acceptors (Lipinski definition) is 7. The Morgan fingerprint density at radius 1 is 1.38 bits per heavy atom. The van der Waals surface area contributed by atoms with Crippen molar-refractivity contribution < 1.29 is 26.9 Å². The average molecular weight is 426 g/mol. The van der Waals surface area contributed by atoms with Gasteiger partial charge in [0.05, 0.1) is 18.7 Å². The number of rotatable bonds is 9. The van der Waals surface area contributed by atoms with Crippen LogP contribution in [-0.2, 0) is 39.0 Å². The Morgan fingerprint density at radius 2 is 2.10 bits per heavy atom. The third-order valence-electron chi connectivity index (χ3n) is 4.68. The van der Waals surface area contributed by atoms with Crippen LogP contribution in [0.15, 0.2) is 28.8 Å². The van der Waals surface area contributed by atoms with Crippen molar-refractivity contribution in [3.63, 3.8) is 0 Å². The maximum atomic E-state index is 13.7. The Kier molecular flexibility index (Phi) is 6.60. The van der Waals surface area contributed by atoms with E-state index in [-0.39, 0.29) is 51.0 Å². The normalized spacial score (nSPS) is 15.0. The minimum absolute atomic E-state index is 0.0522. The molecule has 0 unspecified atom stereocenters. The smallest absolute Gasteiger partial charge is 0.252 e. The molecule has 0 bridgehead atoms. The number of sulfonamides is 1. The molecule has 1 fully saturated rings. The number of benzene rings is 1. The van der Waals surface area contributed by atoms with E-state index in [1.807, 2.05) is 0 Å². The van der Waals surface area contributed by atoms with Crippen molar-refractivity contribution >= 4 is 15.9 Å². The second kappa shape index (κ2) is 8.97. The first-order valence-electron chi connectivity index (χ1n) is 9.06. The Balaban J connectivity index is 1.56. The summed E-state index contributed by atoms with van der Waals surface area (Å²) in [5, 5.41) is 3.80. The molecule has 158 valence electrons. The molecule has 9 nitrogen and oxygen atoms in total. The molecule has 2 heterocycles. The van der Waals surface area contributed by atoms with E-state index >= 15 is 0 Å². The molecule has 29 heavy (non-hydrogen) atoms. The monoisotopic (exact) mass is 426 g/mol. The molecule has 0 saturated carbocycles. The second-order valence-corrected chi connectivity index (χ2v) is 8.82. The van der Waals surface area contributed by atoms with Crippen LogP contribution >= 0.6 is 0 Å². The minimum atomic E-state index is -3.49. The summed E-state index contributed by atoms with van der Waals surface area (Å²) < 4.78 is 49.4. The summed E-state index contributed by atoms with van der Waals surface area (Å²) in [6.45, 7) is 0.887. The number of methoxy groups -OCH3 is 1. The Bertz CT molecular complexity index is 959. The van der Waals surface area contributed by atoms with E-state index in [0.29, 0.717) is 17.3 Å². The number of likely N-dealkylation sites (tertiary alicyclic amines) is 1. The standard InChI is InChI=1S/C18H23FN4O5S/c1-27-12-17-20-16(21-28-17)7-8-23(29(2,25)26)14-10-22(11-14)18(24)9-13-5-3-4-6-15(13)19/h3-6,14H,7-12H2,1-2H3. The molecule has 11 heteroatoms. The van der Waals surface area contributed by atoms with Crippen LogP contribution in [0.4, 0.5) is 4.39 Å². The van der Waals surface area contributed by atoms with Gasteiger partial charge in [-0.25, -0.2) is 12.8 Å². The fourth-order valence-electron chi connectivity index (χ4n) is 3.16. The summed E-state index contributed by atoms with van der Waals surface area (Å²) >= 11 is 0. The predicted octanol–water partition coefficient (Wildman–Crippen LogP) is 0.613. The molecule has 0 radical (unpaired) electrons. The third kappa shape index (κ3) is 5.37. The molecular weight excluding hydrogens is 403 g/mol. The highest BCUT2D eigenvalue weighted by atomic mass is 32.2. The molecular formula is C18H23FN4O5S. The lowest BCUT2D eigenvalue weighted by molar-refractivity contribution is -0.136. The first kappa shape index (κ1) is 21.3. The molecule has 3 rings (SSSR count). The van der Waals surface area contributed by atoms with Crippen molar-refractivity contribution in [3.05, 3.63) is 47.4 Å². The minimum Gasteiger partial charge on any atom is -0.375 e. The van der Waals surface area contributed by atoms with Crippen molar-refractivity contribution in [2.24, 2.45) is 0 Å². The zero-order valence-electron chi connectivity index (χ0n) is 16.2. The van der Waals surface area contributed by atoms with Gasteiger partial charge in [0.2, 0.25) is 15.9 Å². The largest absolute Gasteiger partial charge is 0.375 e. The molecule has 0 atom stereocenters. The number of ether oxygens (including phenoxy) is 1. The van der Waals surface area contributed by atoms with Crippen LogP contribution in [0, 0.1) is 5.82 Å². The number of nitrogens with zero attached hydrogens (tertiary/aromatic N) is 4. The summed E-state index contributed by atoms with van der Waals surface area (Å²) in [6.07, 6.45) is 1.35. The third-order valence-corrected chi connectivity index (χ3v) is 6.01. The van der Waals surface area contributed by atoms with Gasteiger partial charge in [-0.3, -0.25) is 4.79 Å². The lowest BCUT2D eigenvalue weighted by atomic mass is 10.1. The first-order valence-corrected chi connectivity index (χ1v) is 10.9. The molecule has 1 aliphatic rings. The summed E-state index contributed by atoms with van der Waals surface area (Å²) in [4.78, 5) is 18.0. The van der Waals surface area contributed by atoms with E-state index < -0.39 is 15.8 Å². The topological polar surface area (TPSA) is 106 Å². The molecule has 0 N–H and O–H groups in total. The molecule has 1 saturated heterocycles.